The monoisotopic (exact) mass is 856 g/mol. The third-order valence-electron chi connectivity index (χ3n) is 14.4. The van der Waals surface area contributed by atoms with Gasteiger partial charge in [0.05, 0.1) is 35.1 Å². The lowest BCUT2D eigenvalue weighted by molar-refractivity contribution is -0.101. The zero-order valence-electron chi connectivity index (χ0n) is 34.4. The van der Waals surface area contributed by atoms with E-state index in [9.17, 15) is 26.3 Å². The second-order valence-electron chi connectivity index (χ2n) is 18.8. The van der Waals surface area contributed by atoms with Crippen molar-refractivity contribution in [1.82, 2.24) is 48.6 Å². The van der Waals surface area contributed by atoms with E-state index in [0.29, 0.717) is 49.5 Å². The van der Waals surface area contributed by atoms with Gasteiger partial charge in [0, 0.05) is 59.5 Å². The van der Waals surface area contributed by atoms with Gasteiger partial charge < -0.3 is 19.8 Å². The van der Waals surface area contributed by atoms with Crippen LogP contribution in [0, 0.1) is 48.8 Å². The molecule has 324 valence electrons. The molecule has 18 heteroatoms. The number of hydrogen-bond acceptors (Lipinski definition) is 8. The molecule has 14 rings (SSSR count). The van der Waals surface area contributed by atoms with E-state index in [2.05, 4.69) is 52.3 Å². The predicted octanol–water partition coefficient (Wildman–Crippen LogP) is 8.52. The van der Waals surface area contributed by atoms with E-state index in [-0.39, 0.29) is 33.3 Å². The van der Waals surface area contributed by atoms with Crippen LogP contribution < -0.4 is 10.6 Å². The fourth-order valence-corrected chi connectivity index (χ4v) is 11.5. The summed E-state index contributed by atoms with van der Waals surface area (Å²) in [5.41, 5.74) is 2.55. The van der Waals surface area contributed by atoms with Crippen molar-refractivity contribution < 1.29 is 26.3 Å². The molecule has 0 amide bonds. The van der Waals surface area contributed by atoms with Gasteiger partial charge in [0.25, 0.3) is 0 Å². The third kappa shape index (κ3) is 6.16. The molecule has 6 heterocycles. The number of hydrogen-bond donors (Lipinski definition) is 2. The predicted molar refractivity (Wildman–Crippen MR) is 214 cm³/mol. The van der Waals surface area contributed by atoms with Gasteiger partial charge >= 0.3 is 0 Å². The van der Waals surface area contributed by atoms with Gasteiger partial charge in [-0.15, -0.1) is 10.2 Å². The summed E-state index contributed by atoms with van der Waals surface area (Å²) in [5.74, 6) is -6.11. The summed E-state index contributed by atoms with van der Waals surface area (Å²) < 4.78 is 91.7. The molecular weight excluding hydrogens is 811 g/mol. The summed E-state index contributed by atoms with van der Waals surface area (Å²) in [6.45, 7) is 5.34. The molecule has 2 aliphatic heterocycles. The number of fused-ring (bicyclic) bond motifs is 2. The molecule has 2 atom stereocenters. The quantitative estimate of drug-likeness (QED) is 0.116. The fraction of sp³-hybridized carbons (Fsp3) is 0.500. The smallest absolute Gasteiger partial charge is 0.242 e. The Morgan fingerprint density at radius 1 is 0.548 bits per heavy atom. The minimum atomic E-state index is -1.43. The van der Waals surface area contributed by atoms with E-state index < -0.39 is 46.7 Å². The van der Waals surface area contributed by atoms with Gasteiger partial charge in [-0.05, 0) is 90.2 Å². The number of anilines is 2. The average Bonchev–Trinajstić information content (AvgIpc) is 3.96. The summed E-state index contributed by atoms with van der Waals surface area (Å²) >= 11 is 0. The van der Waals surface area contributed by atoms with E-state index in [1.807, 2.05) is 26.5 Å². The molecule has 0 saturated heterocycles. The van der Waals surface area contributed by atoms with E-state index in [0.717, 1.165) is 87.7 Å². The zero-order chi connectivity index (χ0) is 42.8. The molecular formula is C44H46F6N12. The Morgan fingerprint density at radius 3 is 1.32 bits per heavy atom. The standard InChI is InChI=1S/2C22H23F3N6/c2*1-13-8-30(12-26-13)22-9-21(10-22,11-22)28-20-27-19-15(4-2-3-7-31(19)29-20)14-5-6-16(23)18(25)17(14)24/h2*5-6,8,12,15H,2-4,7,9-11H2,1H3,(H,28,29)/t2*15-,21?,22?/m10/s1. The summed E-state index contributed by atoms with van der Waals surface area (Å²) in [6.07, 6.45) is 18.6. The number of nitrogens with zero attached hydrogens (tertiary/aromatic N) is 10. The van der Waals surface area contributed by atoms with Gasteiger partial charge in [0.15, 0.2) is 34.9 Å². The van der Waals surface area contributed by atoms with Crippen molar-refractivity contribution in [2.24, 2.45) is 0 Å². The molecule has 6 saturated carbocycles. The van der Waals surface area contributed by atoms with Crippen molar-refractivity contribution in [2.45, 2.75) is 138 Å². The Morgan fingerprint density at radius 2 is 0.952 bits per heavy atom. The average molecular weight is 857 g/mol. The van der Waals surface area contributed by atoms with Crippen LogP contribution in [-0.2, 0) is 24.2 Å². The number of imidazole rings is 2. The molecule has 0 unspecified atom stereocenters. The lowest BCUT2D eigenvalue weighted by Gasteiger charge is -2.70. The van der Waals surface area contributed by atoms with Crippen molar-refractivity contribution in [2.75, 3.05) is 10.6 Å². The van der Waals surface area contributed by atoms with Crippen molar-refractivity contribution in [1.29, 1.82) is 0 Å². The molecule has 4 aromatic heterocycles. The molecule has 6 aliphatic carbocycles. The largest absolute Gasteiger partial charge is 0.347 e. The molecule has 2 N–H and O–H groups in total. The van der Waals surface area contributed by atoms with Gasteiger partial charge in [-0.3, -0.25) is 0 Å². The maximum atomic E-state index is 14.5. The highest BCUT2D eigenvalue weighted by molar-refractivity contribution is 5.44. The minimum absolute atomic E-state index is 0.0194. The molecule has 0 spiro atoms. The maximum absolute atomic E-state index is 14.5. The first-order valence-corrected chi connectivity index (χ1v) is 21.5. The minimum Gasteiger partial charge on any atom is -0.347 e. The summed E-state index contributed by atoms with van der Waals surface area (Å²) in [7, 11) is 0. The van der Waals surface area contributed by atoms with E-state index in [1.165, 1.54) is 12.1 Å². The number of nitrogens with one attached hydrogen (secondary N) is 2. The van der Waals surface area contributed by atoms with Crippen LogP contribution in [0.5, 0.6) is 0 Å². The van der Waals surface area contributed by atoms with Crippen LogP contribution in [0.2, 0.25) is 0 Å². The fourth-order valence-electron chi connectivity index (χ4n) is 11.5. The second kappa shape index (κ2) is 13.9. The number of benzene rings is 2. The second-order valence-corrected chi connectivity index (χ2v) is 18.8. The zero-order valence-corrected chi connectivity index (χ0v) is 34.4. The molecule has 62 heavy (non-hydrogen) atoms. The highest BCUT2D eigenvalue weighted by Crippen LogP contribution is 2.67. The lowest BCUT2D eigenvalue weighted by atomic mass is 9.44. The van der Waals surface area contributed by atoms with E-state index in [1.54, 1.807) is 9.36 Å². The van der Waals surface area contributed by atoms with Crippen molar-refractivity contribution >= 4 is 11.9 Å². The van der Waals surface area contributed by atoms with Gasteiger partial charge in [-0.25, -0.2) is 45.7 Å². The van der Waals surface area contributed by atoms with Crippen LogP contribution in [0.15, 0.2) is 49.3 Å². The van der Waals surface area contributed by atoms with Crippen LogP contribution in [0.25, 0.3) is 0 Å². The van der Waals surface area contributed by atoms with Gasteiger partial charge in [0.2, 0.25) is 11.9 Å². The molecule has 4 bridgehead atoms. The normalized spacial score (nSPS) is 29.0. The molecule has 12 nitrogen and oxygen atoms in total. The Labute approximate surface area is 353 Å². The number of rotatable bonds is 8. The van der Waals surface area contributed by atoms with Crippen LogP contribution in [0.3, 0.4) is 0 Å². The van der Waals surface area contributed by atoms with Crippen LogP contribution in [-0.4, -0.2) is 59.7 Å². The number of aromatic nitrogens is 10. The Bertz CT molecular complexity index is 2510. The molecule has 6 aromatic rings. The summed E-state index contributed by atoms with van der Waals surface area (Å²) in [5, 5.41) is 16.3. The molecule has 8 aliphatic rings. The maximum Gasteiger partial charge on any atom is 0.242 e. The highest BCUT2D eigenvalue weighted by atomic mass is 19.2. The number of aryl methyl sites for hydroxylation is 4. The van der Waals surface area contributed by atoms with Crippen molar-refractivity contribution in [3.63, 3.8) is 0 Å². The van der Waals surface area contributed by atoms with E-state index in [4.69, 9.17) is 9.97 Å². The first-order chi connectivity index (χ1) is 29.8. The Kier molecular flexibility index (Phi) is 8.79. The van der Waals surface area contributed by atoms with Crippen LogP contribution in [0.4, 0.5) is 38.2 Å². The third-order valence-corrected chi connectivity index (χ3v) is 14.4. The Balaban J connectivity index is 0.000000139. The van der Waals surface area contributed by atoms with Crippen molar-refractivity contribution in [3.8, 4) is 0 Å². The molecule has 2 aromatic carbocycles. The van der Waals surface area contributed by atoms with Gasteiger partial charge in [-0.2, -0.15) is 9.97 Å². The van der Waals surface area contributed by atoms with Crippen LogP contribution in [0.1, 0.15) is 123 Å². The first-order valence-electron chi connectivity index (χ1n) is 21.5. The van der Waals surface area contributed by atoms with Gasteiger partial charge in [0.1, 0.15) is 11.6 Å². The highest BCUT2D eigenvalue weighted by Gasteiger charge is 2.70. The first kappa shape index (κ1) is 39.2. The SMILES string of the molecule is Cc1cn(C23CC(Nc4nc5n(n4)CCCC[C@@H]5c4ccc(F)c(F)c4F)(C2)C3)cn1.Cc1cn(C23CC(Nc4nc5n(n4)CCCC[C@H]5c4ccc(F)c(F)c4F)(C2)C3)cn1. The van der Waals surface area contributed by atoms with Crippen molar-refractivity contribution in [3.05, 3.63) is 118 Å². The lowest BCUT2D eigenvalue weighted by Crippen LogP contribution is -2.75. The van der Waals surface area contributed by atoms with E-state index >= 15 is 0 Å². The number of halogens is 6. The molecule has 0 radical (unpaired) electrons. The topological polar surface area (TPSA) is 121 Å². The Hall–Kier alpha value is -5.68. The summed E-state index contributed by atoms with van der Waals surface area (Å²) in [6, 6.07) is 4.62. The molecule has 6 fully saturated rings. The van der Waals surface area contributed by atoms with Crippen LogP contribution >= 0.6 is 0 Å². The summed E-state index contributed by atoms with van der Waals surface area (Å²) in [4.78, 5) is 18.1. The van der Waals surface area contributed by atoms with Gasteiger partial charge in [-0.1, -0.05) is 25.0 Å².